The summed E-state index contributed by atoms with van der Waals surface area (Å²) in [6.07, 6.45) is 2.44. The largest absolute Gasteiger partial charge is 0.491 e. The summed E-state index contributed by atoms with van der Waals surface area (Å²) in [6.45, 7) is 1.92. The molecule has 3 aromatic rings. The summed E-state index contributed by atoms with van der Waals surface area (Å²) in [5.74, 6) is -5.40. The molecule has 258 valence electrons. The summed E-state index contributed by atoms with van der Waals surface area (Å²) in [7, 11) is 0. The second-order valence-corrected chi connectivity index (χ2v) is 13.6. The minimum absolute atomic E-state index is 0.0147. The van der Waals surface area contributed by atoms with Crippen molar-refractivity contribution in [1.82, 2.24) is 9.91 Å². The summed E-state index contributed by atoms with van der Waals surface area (Å²) in [6, 6.07) is 24.0. The molecule has 3 N–H and O–H groups in total. The van der Waals surface area contributed by atoms with Crippen molar-refractivity contribution in [2.45, 2.75) is 43.9 Å². The monoisotopic (exact) mass is 677 g/mol. The molecule has 4 amide bonds. The number of carbonyl (C=O) groups excluding carboxylic acids is 4. The van der Waals surface area contributed by atoms with Crippen LogP contribution in [0.25, 0.3) is 0 Å². The first-order chi connectivity index (χ1) is 24.2. The number of aliphatic hydroxyl groups is 1. The zero-order valence-electron chi connectivity index (χ0n) is 27.7. The van der Waals surface area contributed by atoms with Crippen molar-refractivity contribution in [3.05, 3.63) is 107 Å². The average molecular weight is 678 g/mol. The van der Waals surface area contributed by atoms with Gasteiger partial charge in [0.25, 0.3) is 11.8 Å². The van der Waals surface area contributed by atoms with Gasteiger partial charge >= 0.3 is 5.97 Å². The van der Waals surface area contributed by atoms with Crippen LogP contribution in [0.5, 0.6) is 5.75 Å². The molecule has 0 aromatic heterocycles. The molecule has 0 spiro atoms. The zero-order valence-corrected chi connectivity index (χ0v) is 27.7. The van der Waals surface area contributed by atoms with Crippen LogP contribution in [0.4, 0.5) is 5.69 Å². The minimum atomic E-state index is -1.38. The van der Waals surface area contributed by atoms with Crippen LogP contribution in [0.1, 0.15) is 48.3 Å². The van der Waals surface area contributed by atoms with E-state index in [1.165, 1.54) is 4.90 Å². The van der Waals surface area contributed by atoms with Gasteiger partial charge in [-0.2, -0.15) is 5.01 Å². The maximum Gasteiger partial charge on any atom is 0.303 e. The fourth-order valence-corrected chi connectivity index (χ4v) is 8.72. The summed E-state index contributed by atoms with van der Waals surface area (Å²) >= 11 is 0. The third-order valence-electron chi connectivity index (χ3n) is 10.8. The Morgan fingerprint density at radius 3 is 2.32 bits per heavy atom. The third-order valence-corrected chi connectivity index (χ3v) is 10.8. The number of aliphatic carboxylic acids is 1. The molecule has 3 fully saturated rings. The molecular formula is C39H39N3O8. The second kappa shape index (κ2) is 13.2. The van der Waals surface area contributed by atoms with E-state index in [1.807, 2.05) is 79.7 Å². The summed E-state index contributed by atoms with van der Waals surface area (Å²) in [5, 5.41) is 19.6. The molecule has 4 aliphatic rings. The van der Waals surface area contributed by atoms with Gasteiger partial charge in [0.15, 0.2) is 0 Å². The molecule has 6 unspecified atom stereocenters. The smallest absolute Gasteiger partial charge is 0.303 e. The number of ether oxygens (including phenoxy) is 1. The number of allylic oxidation sites excluding steroid dienone is 2. The predicted molar refractivity (Wildman–Crippen MR) is 181 cm³/mol. The lowest BCUT2D eigenvalue weighted by Crippen LogP contribution is -2.53. The number of hydrogen-bond acceptors (Lipinski definition) is 8. The van der Waals surface area contributed by atoms with Gasteiger partial charge in [-0.05, 0) is 67.5 Å². The highest BCUT2D eigenvalue weighted by Crippen LogP contribution is 2.64. The van der Waals surface area contributed by atoms with Crippen molar-refractivity contribution < 1.29 is 38.9 Å². The number of amides is 4. The number of imide groups is 2. The lowest BCUT2D eigenvalue weighted by Gasteiger charge is -2.50. The molecule has 2 aliphatic carbocycles. The van der Waals surface area contributed by atoms with Crippen LogP contribution in [0.15, 0.2) is 90.5 Å². The van der Waals surface area contributed by atoms with Crippen molar-refractivity contribution in [2.24, 2.45) is 23.7 Å². The van der Waals surface area contributed by atoms with Gasteiger partial charge in [-0.3, -0.25) is 34.3 Å². The first kappa shape index (κ1) is 33.2. The molecule has 0 radical (unpaired) electrons. The van der Waals surface area contributed by atoms with E-state index in [4.69, 9.17) is 4.74 Å². The van der Waals surface area contributed by atoms with Gasteiger partial charge < -0.3 is 14.9 Å². The van der Waals surface area contributed by atoms with E-state index in [0.29, 0.717) is 17.0 Å². The van der Waals surface area contributed by atoms with Crippen LogP contribution >= 0.6 is 0 Å². The lowest BCUT2D eigenvalue weighted by atomic mass is 9.49. The molecule has 3 aromatic carbocycles. The number of nitrogens with one attached hydrogen (secondary N) is 1. The Labute approximate surface area is 289 Å². The number of fused-ring (bicyclic) bond motifs is 4. The normalized spacial score (nSPS) is 27.1. The molecule has 2 heterocycles. The van der Waals surface area contributed by atoms with E-state index >= 15 is 4.79 Å². The molecule has 0 bridgehead atoms. The number of anilines is 1. The molecule has 6 atom stereocenters. The van der Waals surface area contributed by atoms with Crippen molar-refractivity contribution in [2.75, 3.05) is 25.2 Å². The Morgan fingerprint density at radius 2 is 1.64 bits per heavy atom. The van der Waals surface area contributed by atoms with E-state index in [9.17, 15) is 29.4 Å². The number of likely N-dealkylation sites (tertiary alicyclic amines) is 1. The van der Waals surface area contributed by atoms with E-state index in [1.54, 1.807) is 12.1 Å². The quantitative estimate of drug-likeness (QED) is 0.200. The highest BCUT2D eigenvalue weighted by Gasteiger charge is 2.70. The number of carboxylic acid groups (broad SMARTS) is 1. The first-order valence-corrected chi connectivity index (χ1v) is 17.0. The van der Waals surface area contributed by atoms with Crippen molar-refractivity contribution in [1.29, 1.82) is 0 Å². The highest BCUT2D eigenvalue weighted by molar-refractivity contribution is 6.13. The summed E-state index contributed by atoms with van der Waals surface area (Å²) in [4.78, 5) is 70.0. The number of carboxylic acids is 1. The Balaban J connectivity index is 1.37. The van der Waals surface area contributed by atoms with Gasteiger partial charge in [-0.1, -0.05) is 71.8 Å². The van der Waals surface area contributed by atoms with Gasteiger partial charge in [0.2, 0.25) is 11.8 Å². The Bertz CT molecular complexity index is 1860. The van der Waals surface area contributed by atoms with Crippen LogP contribution in [0, 0.1) is 30.6 Å². The predicted octanol–water partition coefficient (Wildman–Crippen LogP) is 4.22. The number of aryl methyl sites for hydroxylation is 1. The van der Waals surface area contributed by atoms with Crippen LogP contribution in [0.3, 0.4) is 0 Å². The Hall–Kier alpha value is -5.29. The van der Waals surface area contributed by atoms with E-state index in [-0.39, 0.29) is 57.3 Å². The number of rotatable bonds is 11. The lowest BCUT2D eigenvalue weighted by molar-refractivity contribution is -0.142. The molecule has 50 heavy (non-hydrogen) atoms. The van der Waals surface area contributed by atoms with Gasteiger partial charge in [0.1, 0.15) is 12.4 Å². The fraction of sp³-hybridized carbons (Fsp3) is 0.359. The molecule has 11 heteroatoms. The molecule has 7 rings (SSSR count). The molecular weight excluding hydrogens is 638 g/mol. The first-order valence-electron chi connectivity index (χ1n) is 17.0. The summed E-state index contributed by atoms with van der Waals surface area (Å²) < 4.78 is 5.64. The number of hydrazine groups is 1. The summed E-state index contributed by atoms with van der Waals surface area (Å²) in [5.41, 5.74) is 5.57. The Morgan fingerprint density at radius 1 is 0.920 bits per heavy atom. The molecule has 11 nitrogen and oxygen atoms in total. The van der Waals surface area contributed by atoms with Gasteiger partial charge in [-0.25, -0.2) is 0 Å². The minimum Gasteiger partial charge on any atom is -0.491 e. The van der Waals surface area contributed by atoms with Gasteiger partial charge in [0.05, 0.1) is 35.5 Å². The topological polar surface area (TPSA) is 154 Å². The number of hydrogen-bond donors (Lipinski definition) is 3. The molecule has 2 saturated heterocycles. The number of nitrogens with zero attached hydrogens (tertiary/aromatic N) is 2. The van der Waals surface area contributed by atoms with Gasteiger partial charge in [-0.15, -0.1) is 0 Å². The maximum absolute atomic E-state index is 15.2. The maximum atomic E-state index is 15.2. The van der Waals surface area contributed by atoms with Crippen molar-refractivity contribution in [3.8, 4) is 5.75 Å². The highest BCUT2D eigenvalue weighted by atomic mass is 16.5. The molecule has 1 saturated carbocycles. The van der Waals surface area contributed by atoms with Gasteiger partial charge in [0, 0.05) is 18.9 Å². The zero-order chi connectivity index (χ0) is 35.2. The van der Waals surface area contributed by atoms with Crippen molar-refractivity contribution in [3.63, 3.8) is 0 Å². The van der Waals surface area contributed by atoms with E-state index < -0.39 is 52.8 Å². The van der Waals surface area contributed by atoms with Crippen LogP contribution < -0.4 is 10.2 Å². The number of benzene rings is 3. The van der Waals surface area contributed by atoms with Crippen LogP contribution in [-0.4, -0.2) is 69.5 Å². The van der Waals surface area contributed by atoms with Crippen LogP contribution in [0.2, 0.25) is 0 Å². The third kappa shape index (κ3) is 5.36. The van der Waals surface area contributed by atoms with Crippen molar-refractivity contribution >= 4 is 35.3 Å². The number of aliphatic hydroxyl groups excluding tert-OH is 1. The van der Waals surface area contributed by atoms with Crippen LogP contribution in [-0.2, 0) is 29.4 Å². The standard InChI is InChI=1S/C39H39N3O8/c1-23-9-13-26(14-10-23)40-42-36(47)31-22-30-28(17-18-29-33(30)37(48)41(35(29)46)19-5-8-32(44)45)34(24-11-15-27(16-12-24)50-21-20-43)39(31,38(42)49)25-6-3-2-4-7-25/h2-4,6-7,9-17,29-31,33-34,40,43H,5,8,18-22H2,1H3,(H,44,45). The van der Waals surface area contributed by atoms with E-state index in [2.05, 4.69) is 5.43 Å². The fourth-order valence-electron chi connectivity index (χ4n) is 8.72. The van der Waals surface area contributed by atoms with E-state index in [0.717, 1.165) is 21.7 Å². The molecule has 2 aliphatic heterocycles. The second-order valence-electron chi connectivity index (χ2n) is 13.6. The average Bonchev–Trinajstić information content (AvgIpc) is 3.49. The number of carbonyl (C=O) groups is 5. The Kier molecular flexibility index (Phi) is 8.77. The SMILES string of the molecule is Cc1ccc(NN2C(=O)C3CC4C(=CCC5C(=O)N(CCCC(=O)O)C(=O)C54)C(c4ccc(OCCO)cc4)C3(c3ccccc3)C2=O)cc1.